The summed E-state index contributed by atoms with van der Waals surface area (Å²) in [6, 6.07) is 12.8. The topological polar surface area (TPSA) is 76.0 Å². The van der Waals surface area contributed by atoms with Crippen LogP contribution in [0.2, 0.25) is 0 Å². The maximum absolute atomic E-state index is 13.4. The second-order valence-corrected chi connectivity index (χ2v) is 8.76. The minimum Gasteiger partial charge on any atom is -0.497 e. The first-order valence-corrected chi connectivity index (χ1v) is 10.8. The lowest BCUT2D eigenvalue weighted by Gasteiger charge is -2.27. The molecule has 0 unspecified atom stereocenters. The van der Waals surface area contributed by atoms with Crippen LogP contribution in [0.15, 0.2) is 58.4 Å². The van der Waals surface area contributed by atoms with Crippen molar-refractivity contribution in [2.45, 2.75) is 18.2 Å². The van der Waals surface area contributed by atoms with Gasteiger partial charge in [0.15, 0.2) is 11.0 Å². The Morgan fingerprint density at radius 2 is 1.78 bits per heavy atom. The highest BCUT2D eigenvalue weighted by atomic mass is 32.2. The first-order valence-electron chi connectivity index (χ1n) is 8.41. The van der Waals surface area contributed by atoms with Crippen LogP contribution in [0.3, 0.4) is 0 Å². The zero-order valence-electron chi connectivity index (χ0n) is 15.1. The van der Waals surface area contributed by atoms with Crippen molar-refractivity contribution in [1.29, 1.82) is 0 Å². The molecule has 142 valence electrons. The summed E-state index contributed by atoms with van der Waals surface area (Å²) in [5.74, 6) is 1.34. The van der Waals surface area contributed by atoms with Crippen molar-refractivity contribution in [3.05, 3.63) is 54.1 Å². The molecule has 1 aliphatic rings. The Morgan fingerprint density at radius 3 is 2.30 bits per heavy atom. The number of thioether (sulfide) groups is 1. The summed E-state index contributed by atoms with van der Waals surface area (Å²) in [4.78, 5) is 16.0. The van der Waals surface area contributed by atoms with Crippen molar-refractivity contribution >= 4 is 38.4 Å². The first-order chi connectivity index (χ1) is 12.9. The molecule has 1 aliphatic heterocycles. The lowest BCUT2D eigenvalue weighted by Crippen LogP contribution is -2.36. The highest BCUT2D eigenvalue weighted by Gasteiger charge is 2.30. The van der Waals surface area contributed by atoms with Crippen LogP contribution < -0.4 is 9.04 Å². The fourth-order valence-electron chi connectivity index (χ4n) is 2.61. The first kappa shape index (κ1) is 19.4. The molecule has 8 heteroatoms. The molecular weight excluding hydrogens is 384 g/mol. The number of rotatable bonds is 5. The molecule has 0 saturated heterocycles. The summed E-state index contributed by atoms with van der Waals surface area (Å²) >= 11 is 1.42. The summed E-state index contributed by atoms with van der Waals surface area (Å²) in [6.07, 6.45) is 0.915. The van der Waals surface area contributed by atoms with Crippen LogP contribution in [-0.2, 0) is 10.0 Å². The van der Waals surface area contributed by atoms with Crippen LogP contribution >= 0.6 is 11.8 Å². The average molecular weight is 405 g/mol. The van der Waals surface area contributed by atoms with E-state index >= 15 is 0 Å². The number of carbonyl (C=O) groups excluding carboxylic acids is 1. The molecule has 1 heterocycles. The molecule has 0 fully saturated rings. The molecule has 0 spiro atoms. The van der Waals surface area contributed by atoms with E-state index in [2.05, 4.69) is 4.99 Å². The number of nitrogens with zero attached hydrogens (tertiary/aromatic N) is 2. The minimum absolute atomic E-state index is 0.109. The van der Waals surface area contributed by atoms with Gasteiger partial charge in [-0.15, -0.1) is 0 Å². The summed E-state index contributed by atoms with van der Waals surface area (Å²) in [7, 11) is -2.33. The molecule has 0 N–H and O–H groups in total. The fraction of sp³-hybridized carbons (Fsp3) is 0.263. The number of ether oxygens (including phenoxy) is 1. The molecule has 2 aromatic rings. The molecule has 0 aliphatic carbocycles. The van der Waals surface area contributed by atoms with E-state index in [9.17, 15) is 13.2 Å². The Morgan fingerprint density at radius 1 is 1.11 bits per heavy atom. The number of Topliss-reactive ketones (excluding diaryl/α,β-unsaturated/α-hetero) is 1. The van der Waals surface area contributed by atoms with Gasteiger partial charge in [0.2, 0.25) is 0 Å². The van der Waals surface area contributed by atoms with Crippen LogP contribution in [0.5, 0.6) is 5.75 Å². The normalized spacial score (nSPS) is 14.4. The third-order valence-electron chi connectivity index (χ3n) is 4.06. The summed E-state index contributed by atoms with van der Waals surface area (Å²) in [5, 5.41) is 0.446. The number of anilines is 1. The second-order valence-electron chi connectivity index (χ2n) is 5.91. The Labute approximate surface area is 163 Å². The quantitative estimate of drug-likeness (QED) is 0.712. The van der Waals surface area contributed by atoms with E-state index in [1.54, 1.807) is 31.4 Å². The standard InChI is InChI=1S/C19H20N2O4S2/c1-14(22)15-4-10-18(11-5-15)27(23,24)21(19-20-12-3-13-26-19)16-6-8-17(25-2)9-7-16/h4-11H,3,12-13H2,1-2H3. The molecule has 0 radical (unpaired) electrons. The Hall–Kier alpha value is -2.32. The molecule has 0 amide bonds. The van der Waals surface area contributed by atoms with Gasteiger partial charge in [0, 0.05) is 17.9 Å². The number of ketones is 1. The van der Waals surface area contributed by atoms with Crippen molar-refractivity contribution < 1.29 is 17.9 Å². The predicted molar refractivity (Wildman–Crippen MR) is 108 cm³/mol. The number of hydrogen-bond acceptors (Lipinski definition) is 6. The lowest BCUT2D eigenvalue weighted by molar-refractivity contribution is 0.101. The van der Waals surface area contributed by atoms with Gasteiger partial charge in [-0.2, -0.15) is 0 Å². The van der Waals surface area contributed by atoms with Gasteiger partial charge in [0.05, 0.1) is 17.7 Å². The number of aliphatic imine (C=N–C) groups is 1. The number of amidine groups is 1. The van der Waals surface area contributed by atoms with Gasteiger partial charge in [-0.25, -0.2) is 12.7 Å². The van der Waals surface area contributed by atoms with Crippen LogP contribution in [0, 0.1) is 0 Å². The number of carbonyl (C=O) groups is 1. The van der Waals surface area contributed by atoms with E-state index < -0.39 is 10.0 Å². The van der Waals surface area contributed by atoms with Crippen LogP contribution in [-0.4, -0.2) is 38.8 Å². The summed E-state index contributed by atoms with van der Waals surface area (Å²) in [6.45, 7) is 2.04. The smallest absolute Gasteiger partial charge is 0.270 e. The monoisotopic (exact) mass is 404 g/mol. The van der Waals surface area contributed by atoms with Gasteiger partial charge < -0.3 is 4.74 Å². The molecule has 3 rings (SSSR count). The second kappa shape index (κ2) is 8.14. The third kappa shape index (κ3) is 4.17. The van der Waals surface area contributed by atoms with Gasteiger partial charge in [-0.3, -0.25) is 9.79 Å². The Balaban J connectivity index is 2.07. The van der Waals surface area contributed by atoms with E-state index in [1.807, 2.05) is 0 Å². The van der Waals surface area contributed by atoms with Crippen molar-refractivity contribution in [1.82, 2.24) is 0 Å². The predicted octanol–water partition coefficient (Wildman–Crippen LogP) is 3.59. The minimum atomic E-state index is -3.89. The zero-order valence-corrected chi connectivity index (χ0v) is 16.7. The van der Waals surface area contributed by atoms with Crippen molar-refractivity contribution in [2.75, 3.05) is 23.7 Å². The fourth-order valence-corrected chi connectivity index (χ4v) is 5.28. The molecular formula is C19H20N2O4S2. The highest BCUT2D eigenvalue weighted by Crippen LogP contribution is 2.30. The van der Waals surface area contributed by atoms with Gasteiger partial charge in [-0.05, 0) is 49.7 Å². The number of hydrogen-bond donors (Lipinski definition) is 0. The Kier molecular flexibility index (Phi) is 5.86. The van der Waals surface area contributed by atoms with E-state index in [1.165, 1.54) is 47.3 Å². The molecule has 0 atom stereocenters. The van der Waals surface area contributed by atoms with E-state index in [0.717, 1.165) is 12.2 Å². The van der Waals surface area contributed by atoms with Crippen LogP contribution in [0.1, 0.15) is 23.7 Å². The third-order valence-corrected chi connectivity index (χ3v) is 6.97. The molecule has 27 heavy (non-hydrogen) atoms. The molecule has 0 aromatic heterocycles. The number of methoxy groups -OCH3 is 1. The molecule has 6 nitrogen and oxygen atoms in total. The van der Waals surface area contributed by atoms with E-state index in [0.29, 0.717) is 28.7 Å². The summed E-state index contributed by atoms with van der Waals surface area (Å²) < 4.78 is 33.2. The summed E-state index contributed by atoms with van der Waals surface area (Å²) in [5.41, 5.74) is 0.953. The number of benzene rings is 2. The number of sulfonamides is 1. The average Bonchev–Trinajstić information content (AvgIpc) is 2.69. The van der Waals surface area contributed by atoms with Gasteiger partial charge >= 0.3 is 0 Å². The molecule has 0 saturated carbocycles. The largest absolute Gasteiger partial charge is 0.497 e. The SMILES string of the molecule is COc1ccc(N(C2=NCCCS2)S(=O)(=O)c2ccc(C(C)=O)cc2)cc1. The maximum atomic E-state index is 13.4. The van der Waals surface area contributed by atoms with E-state index in [-0.39, 0.29) is 10.7 Å². The zero-order chi connectivity index (χ0) is 19.4. The maximum Gasteiger partial charge on any atom is 0.270 e. The Bertz CT molecular complexity index is 952. The van der Waals surface area contributed by atoms with Crippen molar-refractivity contribution in [3.63, 3.8) is 0 Å². The molecule has 0 bridgehead atoms. The van der Waals surface area contributed by atoms with E-state index in [4.69, 9.17) is 4.74 Å². The van der Waals surface area contributed by atoms with Gasteiger partial charge in [0.25, 0.3) is 10.0 Å². The van der Waals surface area contributed by atoms with Crippen LogP contribution in [0.4, 0.5) is 5.69 Å². The van der Waals surface area contributed by atoms with Gasteiger partial charge in [-0.1, -0.05) is 23.9 Å². The highest BCUT2D eigenvalue weighted by molar-refractivity contribution is 8.15. The van der Waals surface area contributed by atoms with Crippen LogP contribution in [0.25, 0.3) is 0 Å². The van der Waals surface area contributed by atoms with Crippen molar-refractivity contribution in [3.8, 4) is 5.75 Å². The lowest BCUT2D eigenvalue weighted by atomic mass is 10.2. The van der Waals surface area contributed by atoms with Crippen molar-refractivity contribution in [2.24, 2.45) is 4.99 Å². The molecule has 2 aromatic carbocycles. The van der Waals surface area contributed by atoms with Gasteiger partial charge in [0.1, 0.15) is 5.75 Å².